The van der Waals surface area contributed by atoms with Gasteiger partial charge >= 0.3 is 5.97 Å². The molecule has 0 spiro atoms. The summed E-state index contributed by atoms with van der Waals surface area (Å²) in [7, 11) is 0. The predicted molar refractivity (Wildman–Crippen MR) is 211 cm³/mol. The lowest BCUT2D eigenvalue weighted by Crippen LogP contribution is -2.40. The molecule has 55 heavy (non-hydrogen) atoms. The van der Waals surface area contributed by atoms with Crippen molar-refractivity contribution in [2.24, 2.45) is 5.92 Å². The Morgan fingerprint density at radius 1 is 0.782 bits per heavy atom. The molecule has 290 valence electrons. The molecule has 0 radical (unpaired) electrons. The summed E-state index contributed by atoms with van der Waals surface area (Å²) in [6.07, 6.45) is 3.64. The van der Waals surface area contributed by atoms with Crippen molar-refractivity contribution in [2.75, 3.05) is 21.3 Å². The summed E-state index contributed by atoms with van der Waals surface area (Å²) in [5.74, 6) is 1.81. The number of H-pyrrole nitrogens is 1. The number of aromatic nitrogens is 4. The zero-order valence-corrected chi connectivity index (χ0v) is 32.3. The summed E-state index contributed by atoms with van der Waals surface area (Å²) in [6.45, 7) is 16.2. The molecule has 3 aromatic heterocycles. The van der Waals surface area contributed by atoms with Crippen LogP contribution < -0.4 is 26.6 Å². The van der Waals surface area contributed by atoms with Gasteiger partial charge in [-0.25, -0.2) is 4.98 Å². The molecule has 0 aliphatic carbocycles. The zero-order chi connectivity index (χ0) is 39.9. The summed E-state index contributed by atoms with van der Waals surface area (Å²) in [4.78, 5) is 42.2. The van der Waals surface area contributed by atoms with Gasteiger partial charge in [-0.1, -0.05) is 58.8 Å². The topological polar surface area (TPSA) is 212 Å². The maximum Gasteiger partial charge on any atom is 0.303 e. The van der Waals surface area contributed by atoms with Crippen LogP contribution in [0.1, 0.15) is 90.4 Å². The second kappa shape index (κ2) is 16.7. The molecule has 4 heterocycles. The number of nitrogens with zero attached hydrogens (tertiary/aromatic N) is 3. The lowest BCUT2D eigenvalue weighted by molar-refractivity contribution is -0.137. The van der Waals surface area contributed by atoms with E-state index in [-0.39, 0.29) is 40.8 Å². The fourth-order valence-corrected chi connectivity index (χ4v) is 5.69. The number of amides is 2. The Morgan fingerprint density at radius 3 is 1.71 bits per heavy atom. The van der Waals surface area contributed by atoms with Crippen molar-refractivity contribution in [3.05, 3.63) is 102 Å². The Hall–Kier alpha value is -6.38. The number of aliphatic carboxylic acids is 1. The normalized spacial score (nSPS) is 15.4. The molecule has 5 aromatic rings. The molecule has 6 rings (SSSR count). The van der Waals surface area contributed by atoms with Gasteiger partial charge in [0.1, 0.15) is 17.6 Å². The van der Waals surface area contributed by atoms with Crippen LogP contribution >= 0.6 is 0 Å². The van der Waals surface area contributed by atoms with Gasteiger partial charge in [0.05, 0.1) is 0 Å². The van der Waals surface area contributed by atoms with Gasteiger partial charge in [-0.3, -0.25) is 14.4 Å². The van der Waals surface area contributed by atoms with Crippen LogP contribution in [-0.2, 0) is 20.4 Å². The van der Waals surface area contributed by atoms with E-state index < -0.39 is 12.0 Å². The van der Waals surface area contributed by atoms with Crippen molar-refractivity contribution in [1.82, 2.24) is 25.6 Å². The summed E-state index contributed by atoms with van der Waals surface area (Å²) < 4.78 is 10.7. The number of allylic oxidation sites excluding steroid dienone is 1. The number of hydrogen-bond acceptors (Lipinski definition) is 11. The lowest BCUT2D eigenvalue weighted by atomic mass is 9.92. The monoisotopic (exact) mass is 751 g/mol. The highest BCUT2D eigenvalue weighted by atomic mass is 16.5. The van der Waals surface area contributed by atoms with Gasteiger partial charge in [-0.05, 0) is 67.4 Å². The Bertz CT molecular complexity index is 2100. The van der Waals surface area contributed by atoms with Crippen LogP contribution in [0.25, 0.3) is 0 Å². The largest absolute Gasteiger partial charge is 0.481 e. The standard InChI is InChI=1S/C23H30N4O4.C17H19N5O2/c1-13-17(10-11-20(28)29)14(2)24-21(13)22(30)26-16-8-6-15(7-9-16)25-19-12-18(31-27-19)23(3,4)5;1-17(2,3)13-10-14(22-24-13)20-11-4-6-12(7-5-11)21-16(23)15-18-8-9-19-15/h6-9,12-13,21,24H,10-11H2,1-5H3,(H,25,27)(H,26,30)(H,28,29);4-10H,1-3H3,(H,18,19)(H,20,22)(H,21,23). The number of anilines is 6. The molecule has 1 aliphatic rings. The molecule has 1 aliphatic heterocycles. The molecule has 0 saturated heterocycles. The maximum absolute atomic E-state index is 12.8. The minimum Gasteiger partial charge on any atom is -0.481 e. The predicted octanol–water partition coefficient (Wildman–Crippen LogP) is 8.09. The van der Waals surface area contributed by atoms with Gasteiger partial charge in [-0.15, -0.1) is 0 Å². The number of carboxylic acid groups (broad SMARTS) is 1. The van der Waals surface area contributed by atoms with Crippen LogP contribution in [0.15, 0.2) is 93.4 Å². The average molecular weight is 752 g/mol. The van der Waals surface area contributed by atoms with Crippen molar-refractivity contribution in [1.29, 1.82) is 0 Å². The quantitative estimate of drug-likeness (QED) is 0.0682. The number of rotatable bonds is 11. The Morgan fingerprint density at radius 2 is 1.27 bits per heavy atom. The molecule has 15 nitrogen and oxygen atoms in total. The number of carbonyl (C=O) groups excluding carboxylic acids is 2. The van der Waals surface area contributed by atoms with Crippen LogP contribution in [-0.4, -0.2) is 49.2 Å². The smallest absolute Gasteiger partial charge is 0.303 e. The Labute approximate surface area is 319 Å². The highest BCUT2D eigenvalue weighted by molar-refractivity contribution is 6.01. The van der Waals surface area contributed by atoms with Crippen LogP contribution in [0.4, 0.5) is 34.4 Å². The third-order valence-electron chi connectivity index (χ3n) is 8.85. The van der Waals surface area contributed by atoms with E-state index in [0.29, 0.717) is 29.4 Å². The van der Waals surface area contributed by atoms with Gasteiger partial charge in [0.2, 0.25) is 5.91 Å². The van der Waals surface area contributed by atoms with E-state index in [0.717, 1.165) is 34.2 Å². The van der Waals surface area contributed by atoms with Crippen molar-refractivity contribution < 1.29 is 28.5 Å². The minimum absolute atomic E-state index is 0.0598. The van der Waals surface area contributed by atoms with Gasteiger partial charge < -0.3 is 45.7 Å². The number of nitrogens with one attached hydrogen (secondary N) is 6. The van der Waals surface area contributed by atoms with Gasteiger partial charge in [0.25, 0.3) is 5.91 Å². The van der Waals surface area contributed by atoms with Crippen molar-refractivity contribution >= 4 is 52.2 Å². The van der Waals surface area contributed by atoms with Gasteiger partial charge in [0.15, 0.2) is 17.5 Å². The third kappa shape index (κ3) is 10.8. The van der Waals surface area contributed by atoms with Crippen molar-refractivity contribution in [3.63, 3.8) is 0 Å². The molecular formula is C40H49N9O6. The minimum atomic E-state index is -0.839. The summed E-state index contributed by atoms with van der Waals surface area (Å²) in [6, 6.07) is 18.0. The Balaban J connectivity index is 0.000000218. The SMILES string of the molecule is CC(C)(C)c1cc(Nc2ccc(NC(=O)c3ncc[nH]3)cc2)no1.CC1=C(CCC(=O)O)C(C)C(C(=O)Nc2ccc(Nc3cc(C(C)(C)C)on3)cc2)N1. The first-order chi connectivity index (χ1) is 26.0. The fourth-order valence-electron chi connectivity index (χ4n) is 5.69. The second-order valence-electron chi connectivity index (χ2n) is 15.4. The number of hydrogen-bond donors (Lipinski definition) is 7. The molecule has 0 bridgehead atoms. The number of carbonyl (C=O) groups is 3. The van der Waals surface area contributed by atoms with Crippen molar-refractivity contribution in [2.45, 2.75) is 85.1 Å². The maximum atomic E-state index is 12.8. The number of benzene rings is 2. The number of imidazole rings is 1. The van der Waals surface area contributed by atoms with E-state index in [1.165, 1.54) is 6.20 Å². The van der Waals surface area contributed by atoms with E-state index in [1.54, 1.807) is 18.3 Å². The molecule has 2 amide bonds. The fraction of sp³-hybridized carbons (Fsp3) is 0.350. The number of aromatic amines is 1. The van der Waals surface area contributed by atoms with Crippen LogP contribution in [0.2, 0.25) is 0 Å². The van der Waals surface area contributed by atoms with E-state index in [9.17, 15) is 14.4 Å². The first-order valence-corrected chi connectivity index (χ1v) is 17.9. The van der Waals surface area contributed by atoms with Gasteiger partial charge in [0, 0.05) is 76.1 Å². The highest BCUT2D eigenvalue weighted by Crippen LogP contribution is 2.31. The summed E-state index contributed by atoms with van der Waals surface area (Å²) in [5.41, 5.74) is 4.70. The van der Waals surface area contributed by atoms with E-state index in [2.05, 4.69) is 88.4 Å². The first-order valence-electron chi connectivity index (χ1n) is 17.9. The summed E-state index contributed by atoms with van der Waals surface area (Å²) in [5, 5.41) is 32.2. The second-order valence-corrected chi connectivity index (χ2v) is 15.4. The summed E-state index contributed by atoms with van der Waals surface area (Å²) >= 11 is 0. The zero-order valence-electron chi connectivity index (χ0n) is 32.3. The molecule has 0 fully saturated rings. The molecule has 15 heteroatoms. The number of carboxylic acids is 1. The van der Waals surface area contributed by atoms with Gasteiger partial charge in [-0.2, -0.15) is 0 Å². The van der Waals surface area contributed by atoms with Crippen LogP contribution in [0, 0.1) is 5.92 Å². The van der Waals surface area contributed by atoms with Crippen LogP contribution in [0.3, 0.4) is 0 Å². The first kappa shape index (κ1) is 39.8. The lowest BCUT2D eigenvalue weighted by Gasteiger charge is -2.18. The Kier molecular flexibility index (Phi) is 12.1. The van der Waals surface area contributed by atoms with E-state index in [4.69, 9.17) is 14.2 Å². The molecule has 7 N–H and O–H groups in total. The van der Waals surface area contributed by atoms with Crippen molar-refractivity contribution in [3.8, 4) is 0 Å². The molecule has 2 unspecified atom stereocenters. The van der Waals surface area contributed by atoms with Crippen LogP contribution in [0.5, 0.6) is 0 Å². The molecular weight excluding hydrogens is 702 g/mol. The average Bonchev–Trinajstić information content (AvgIpc) is 3.94. The molecule has 0 saturated carbocycles. The van der Waals surface area contributed by atoms with E-state index >= 15 is 0 Å². The molecule has 2 atom stereocenters. The molecule has 2 aromatic carbocycles. The van der Waals surface area contributed by atoms with E-state index in [1.807, 2.05) is 62.4 Å². The highest BCUT2D eigenvalue weighted by Gasteiger charge is 2.34. The third-order valence-corrected chi connectivity index (χ3v) is 8.85.